The molecule has 10 heteroatoms. The van der Waals surface area contributed by atoms with Crippen LogP contribution in [0.4, 0.5) is 21.8 Å². The zero-order valence-electron chi connectivity index (χ0n) is 15.6. The van der Waals surface area contributed by atoms with E-state index in [1.807, 2.05) is 0 Å². The number of rotatable bonds is 5. The predicted octanol–water partition coefficient (Wildman–Crippen LogP) is 3.87. The van der Waals surface area contributed by atoms with Crippen LogP contribution < -0.4 is 16.5 Å². The van der Waals surface area contributed by atoms with Crippen LogP contribution in [-0.4, -0.2) is 32.2 Å². The molecular weight excluding hydrogens is 395 g/mol. The number of nitrogens with zero attached hydrogens (tertiary/aromatic N) is 5. The van der Waals surface area contributed by atoms with E-state index in [9.17, 15) is 4.39 Å². The molecule has 0 aliphatic heterocycles. The van der Waals surface area contributed by atoms with Gasteiger partial charge in [0.25, 0.3) is 0 Å². The van der Waals surface area contributed by atoms with Gasteiger partial charge in [0.15, 0.2) is 5.82 Å². The highest BCUT2D eigenvalue weighted by Gasteiger charge is 2.16. The second-order valence-electron chi connectivity index (χ2n) is 6.87. The highest BCUT2D eigenvalue weighted by atomic mass is 35.5. The number of nitrogens with one attached hydrogen (secondary N) is 2. The summed E-state index contributed by atoms with van der Waals surface area (Å²) in [5.74, 6) is 0.898. The molecule has 1 aliphatic rings. The van der Waals surface area contributed by atoms with E-state index in [-0.39, 0.29) is 5.02 Å². The number of aromatic nitrogens is 4. The van der Waals surface area contributed by atoms with Crippen LogP contribution in [0.2, 0.25) is 5.02 Å². The van der Waals surface area contributed by atoms with E-state index in [1.165, 1.54) is 18.5 Å². The standard InChI is InChI=1S/C19H20ClFN8/c20-14-7-13(5-6-15(14)21)26-18-17-16(24-10-25-18)9-23-19(27-17)29-28-12-3-1-11(8-22)2-4-12/h5-7,9-11H,1-4,8,22H2,(H,23,27,29)(H,24,25,26). The summed E-state index contributed by atoms with van der Waals surface area (Å²) in [5, 5.41) is 7.55. The second kappa shape index (κ2) is 8.62. The topological polar surface area (TPSA) is 114 Å². The van der Waals surface area contributed by atoms with Crippen LogP contribution in [0, 0.1) is 11.7 Å². The summed E-state index contributed by atoms with van der Waals surface area (Å²) in [7, 11) is 0. The Labute approximate surface area is 171 Å². The quantitative estimate of drug-likeness (QED) is 0.543. The van der Waals surface area contributed by atoms with Gasteiger partial charge in [-0.25, -0.2) is 29.8 Å². The molecule has 0 atom stereocenters. The lowest BCUT2D eigenvalue weighted by Crippen LogP contribution is -2.21. The van der Waals surface area contributed by atoms with Crippen LogP contribution in [0.15, 0.2) is 35.8 Å². The molecule has 3 aromatic rings. The molecule has 4 N–H and O–H groups in total. The average molecular weight is 415 g/mol. The van der Waals surface area contributed by atoms with E-state index in [0.29, 0.717) is 34.4 Å². The summed E-state index contributed by atoms with van der Waals surface area (Å²) < 4.78 is 13.4. The Bertz CT molecular complexity index is 1050. The molecule has 0 bridgehead atoms. The van der Waals surface area contributed by atoms with Crippen molar-refractivity contribution in [2.75, 3.05) is 17.3 Å². The molecule has 29 heavy (non-hydrogen) atoms. The number of fused-ring (bicyclic) bond motifs is 1. The van der Waals surface area contributed by atoms with Crippen molar-refractivity contribution in [2.24, 2.45) is 16.8 Å². The van der Waals surface area contributed by atoms with Crippen molar-refractivity contribution >= 4 is 45.8 Å². The zero-order valence-corrected chi connectivity index (χ0v) is 16.3. The van der Waals surface area contributed by atoms with Crippen LogP contribution >= 0.6 is 11.6 Å². The molecule has 2 heterocycles. The third kappa shape index (κ3) is 4.57. The maximum atomic E-state index is 13.4. The lowest BCUT2D eigenvalue weighted by Gasteiger charge is -2.21. The van der Waals surface area contributed by atoms with E-state index < -0.39 is 5.82 Å². The van der Waals surface area contributed by atoms with Crippen LogP contribution in [0.5, 0.6) is 0 Å². The summed E-state index contributed by atoms with van der Waals surface area (Å²) in [4.78, 5) is 17.2. The maximum Gasteiger partial charge on any atom is 0.244 e. The third-order valence-electron chi connectivity index (χ3n) is 4.89. The van der Waals surface area contributed by atoms with Crippen molar-refractivity contribution in [3.63, 3.8) is 0 Å². The van der Waals surface area contributed by atoms with Gasteiger partial charge in [0.2, 0.25) is 5.95 Å². The van der Waals surface area contributed by atoms with Gasteiger partial charge in [-0.3, -0.25) is 0 Å². The molecule has 4 rings (SSSR count). The largest absolute Gasteiger partial charge is 0.338 e. The van der Waals surface area contributed by atoms with E-state index in [2.05, 4.69) is 35.8 Å². The third-order valence-corrected chi connectivity index (χ3v) is 5.18. The Balaban J connectivity index is 1.55. The van der Waals surface area contributed by atoms with Crippen molar-refractivity contribution in [1.29, 1.82) is 0 Å². The van der Waals surface area contributed by atoms with Crippen molar-refractivity contribution < 1.29 is 4.39 Å². The van der Waals surface area contributed by atoms with Crippen molar-refractivity contribution in [3.05, 3.63) is 41.6 Å². The van der Waals surface area contributed by atoms with Gasteiger partial charge in [0, 0.05) is 11.4 Å². The van der Waals surface area contributed by atoms with Gasteiger partial charge in [-0.2, -0.15) is 5.10 Å². The normalized spacial score (nSPS) is 16.7. The number of anilines is 3. The number of hydrogen-bond donors (Lipinski definition) is 3. The van der Waals surface area contributed by atoms with E-state index in [1.54, 1.807) is 12.3 Å². The fourth-order valence-electron chi connectivity index (χ4n) is 3.20. The van der Waals surface area contributed by atoms with Gasteiger partial charge in [0.1, 0.15) is 23.2 Å². The Morgan fingerprint density at radius 3 is 2.79 bits per heavy atom. The second-order valence-corrected chi connectivity index (χ2v) is 7.28. The summed E-state index contributed by atoms with van der Waals surface area (Å²) in [6.07, 6.45) is 6.95. The summed E-state index contributed by atoms with van der Waals surface area (Å²) in [5.41, 5.74) is 11.4. The summed E-state index contributed by atoms with van der Waals surface area (Å²) in [6, 6.07) is 4.33. The molecule has 1 aromatic carbocycles. The SMILES string of the molecule is NCC1CCC(=NNc2ncc3ncnc(Nc4ccc(F)c(Cl)c4)c3n2)CC1. The molecule has 2 aromatic heterocycles. The van der Waals surface area contributed by atoms with Crippen LogP contribution in [-0.2, 0) is 0 Å². The van der Waals surface area contributed by atoms with Crippen LogP contribution in [0.25, 0.3) is 11.0 Å². The van der Waals surface area contributed by atoms with Crippen molar-refractivity contribution in [2.45, 2.75) is 25.7 Å². The van der Waals surface area contributed by atoms with Crippen molar-refractivity contribution in [1.82, 2.24) is 19.9 Å². The fourth-order valence-corrected chi connectivity index (χ4v) is 3.38. The zero-order chi connectivity index (χ0) is 20.2. The molecule has 1 aliphatic carbocycles. The average Bonchev–Trinajstić information content (AvgIpc) is 2.75. The van der Waals surface area contributed by atoms with Crippen LogP contribution in [0.3, 0.4) is 0 Å². The molecule has 0 amide bonds. The minimum atomic E-state index is -0.488. The summed E-state index contributed by atoms with van der Waals surface area (Å²) in [6.45, 7) is 0.726. The van der Waals surface area contributed by atoms with Gasteiger partial charge in [-0.1, -0.05) is 11.6 Å². The first kappa shape index (κ1) is 19.4. The molecule has 1 fully saturated rings. The Morgan fingerprint density at radius 1 is 1.21 bits per heavy atom. The fraction of sp³-hybridized carbons (Fsp3) is 0.316. The minimum Gasteiger partial charge on any atom is -0.338 e. The molecule has 150 valence electrons. The minimum absolute atomic E-state index is 0.0190. The highest BCUT2D eigenvalue weighted by molar-refractivity contribution is 6.31. The molecule has 8 nitrogen and oxygen atoms in total. The van der Waals surface area contributed by atoms with Gasteiger partial charge >= 0.3 is 0 Å². The predicted molar refractivity (Wildman–Crippen MR) is 112 cm³/mol. The Morgan fingerprint density at radius 2 is 2.03 bits per heavy atom. The number of hydrogen-bond acceptors (Lipinski definition) is 8. The monoisotopic (exact) mass is 414 g/mol. The number of nitrogens with two attached hydrogens (primary N) is 1. The van der Waals surface area contributed by atoms with E-state index in [4.69, 9.17) is 17.3 Å². The van der Waals surface area contributed by atoms with Crippen LogP contribution in [0.1, 0.15) is 25.7 Å². The Kier molecular flexibility index (Phi) is 5.77. The van der Waals surface area contributed by atoms with Gasteiger partial charge in [0.05, 0.1) is 11.2 Å². The highest BCUT2D eigenvalue weighted by Crippen LogP contribution is 2.25. The number of halogens is 2. The number of benzene rings is 1. The molecule has 1 saturated carbocycles. The van der Waals surface area contributed by atoms with Crippen molar-refractivity contribution in [3.8, 4) is 0 Å². The molecule has 0 unspecified atom stereocenters. The Hall–Kier alpha value is -2.91. The molecule has 0 saturated heterocycles. The molecular formula is C19H20ClFN8. The summed E-state index contributed by atoms with van der Waals surface area (Å²) >= 11 is 5.85. The first-order valence-corrected chi connectivity index (χ1v) is 9.71. The lowest BCUT2D eigenvalue weighted by atomic mass is 9.88. The first-order chi connectivity index (χ1) is 14.1. The molecule has 0 spiro atoms. The van der Waals surface area contributed by atoms with Gasteiger partial charge in [-0.05, 0) is 56.3 Å². The lowest BCUT2D eigenvalue weighted by molar-refractivity contribution is 0.452. The van der Waals surface area contributed by atoms with Gasteiger partial charge < -0.3 is 11.1 Å². The van der Waals surface area contributed by atoms with E-state index in [0.717, 1.165) is 37.9 Å². The maximum absolute atomic E-state index is 13.4. The smallest absolute Gasteiger partial charge is 0.244 e. The first-order valence-electron chi connectivity index (χ1n) is 9.33. The van der Waals surface area contributed by atoms with Gasteiger partial charge in [-0.15, -0.1) is 0 Å². The number of hydrazone groups is 1. The molecule has 0 radical (unpaired) electrons. The van der Waals surface area contributed by atoms with E-state index >= 15 is 0 Å².